The molecule has 0 atom stereocenters. The van der Waals surface area contributed by atoms with Crippen LogP contribution in [0.3, 0.4) is 0 Å². The second kappa shape index (κ2) is 8.52. The highest BCUT2D eigenvalue weighted by atomic mass is 16.3. The molecule has 0 spiro atoms. The van der Waals surface area contributed by atoms with Gasteiger partial charge >= 0.3 is 0 Å². The molecule has 0 saturated heterocycles. The quantitative estimate of drug-likeness (QED) is 0.505. The van der Waals surface area contributed by atoms with Crippen LogP contribution < -0.4 is 0 Å². The van der Waals surface area contributed by atoms with Gasteiger partial charge in [0.05, 0.1) is 0 Å². The first-order valence-electron chi connectivity index (χ1n) is 10.3. The Morgan fingerprint density at radius 2 is 1.21 bits per heavy atom. The van der Waals surface area contributed by atoms with E-state index < -0.39 is 0 Å². The SMILES string of the molecule is CCc1cc(CC)cc(-c2c(O)cc(CC)c(-c3ccc(O)cc3)c2CC)c1. The van der Waals surface area contributed by atoms with Crippen molar-refractivity contribution in [3.05, 3.63) is 70.8 Å². The fraction of sp³-hybridized carbons (Fsp3) is 0.308. The van der Waals surface area contributed by atoms with Crippen LogP contribution in [0.2, 0.25) is 0 Å². The molecule has 0 unspecified atom stereocenters. The normalized spacial score (nSPS) is 11.0. The van der Waals surface area contributed by atoms with E-state index in [1.807, 2.05) is 18.2 Å². The van der Waals surface area contributed by atoms with E-state index in [2.05, 4.69) is 45.9 Å². The van der Waals surface area contributed by atoms with E-state index in [0.717, 1.165) is 53.5 Å². The smallest absolute Gasteiger partial charge is 0.123 e. The van der Waals surface area contributed by atoms with Gasteiger partial charge in [-0.2, -0.15) is 0 Å². The number of benzene rings is 3. The minimum absolute atomic E-state index is 0.266. The van der Waals surface area contributed by atoms with Crippen molar-refractivity contribution in [1.29, 1.82) is 0 Å². The van der Waals surface area contributed by atoms with Crippen molar-refractivity contribution in [3.8, 4) is 33.8 Å². The van der Waals surface area contributed by atoms with Gasteiger partial charge in [0, 0.05) is 5.56 Å². The Balaban J connectivity index is 2.34. The predicted octanol–water partition coefficient (Wildman–Crippen LogP) is 6.68. The molecular formula is C26H30O2. The average molecular weight is 375 g/mol. The summed E-state index contributed by atoms with van der Waals surface area (Å²) in [7, 11) is 0. The van der Waals surface area contributed by atoms with Crippen LogP contribution >= 0.6 is 0 Å². The maximum Gasteiger partial charge on any atom is 0.123 e. The number of phenolic OH excluding ortho intramolecular Hbond substituents is 2. The van der Waals surface area contributed by atoms with Crippen molar-refractivity contribution in [3.63, 3.8) is 0 Å². The molecule has 0 aromatic heterocycles. The molecule has 0 fully saturated rings. The first-order valence-corrected chi connectivity index (χ1v) is 10.3. The van der Waals surface area contributed by atoms with Crippen molar-refractivity contribution >= 4 is 0 Å². The van der Waals surface area contributed by atoms with Crippen LogP contribution in [0, 0.1) is 0 Å². The van der Waals surface area contributed by atoms with Gasteiger partial charge in [-0.1, -0.05) is 58.0 Å². The van der Waals surface area contributed by atoms with Crippen LogP contribution in [0.4, 0.5) is 0 Å². The van der Waals surface area contributed by atoms with Crippen molar-refractivity contribution in [2.75, 3.05) is 0 Å². The second-order valence-corrected chi connectivity index (χ2v) is 7.28. The van der Waals surface area contributed by atoms with Gasteiger partial charge in [0.1, 0.15) is 11.5 Å². The van der Waals surface area contributed by atoms with Crippen LogP contribution in [-0.4, -0.2) is 10.2 Å². The average Bonchev–Trinajstić information content (AvgIpc) is 2.72. The third-order valence-electron chi connectivity index (χ3n) is 5.54. The highest BCUT2D eigenvalue weighted by Crippen LogP contribution is 2.42. The maximum atomic E-state index is 11.0. The largest absolute Gasteiger partial charge is 0.508 e. The van der Waals surface area contributed by atoms with Gasteiger partial charge in [0.15, 0.2) is 0 Å². The fourth-order valence-electron chi connectivity index (χ4n) is 4.04. The number of aromatic hydroxyl groups is 2. The zero-order valence-electron chi connectivity index (χ0n) is 17.3. The molecule has 0 saturated carbocycles. The fourth-order valence-corrected chi connectivity index (χ4v) is 4.04. The minimum atomic E-state index is 0.266. The van der Waals surface area contributed by atoms with Gasteiger partial charge in [0.25, 0.3) is 0 Å². The number of hydrogen-bond donors (Lipinski definition) is 2. The molecule has 0 heterocycles. The van der Waals surface area contributed by atoms with E-state index in [-0.39, 0.29) is 5.75 Å². The topological polar surface area (TPSA) is 40.5 Å². The third kappa shape index (κ3) is 3.77. The molecule has 0 aliphatic rings. The van der Waals surface area contributed by atoms with Crippen molar-refractivity contribution in [2.45, 2.75) is 53.4 Å². The Hall–Kier alpha value is -2.74. The maximum absolute atomic E-state index is 11.0. The third-order valence-corrected chi connectivity index (χ3v) is 5.54. The van der Waals surface area contributed by atoms with Gasteiger partial charge in [-0.15, -0.1) is 0 Å². The summed E-state index contributed by atoms with van der Waals surface area (Å²) in [4.78, 5) is 0. The predicted molar refractivity (Wildman–Crippen MR) is 118 cm³/mol. The van der Waals surface area contributed by atoms with E-state index in [4.69, 9.17) is 0 Å². The molecule has 0 bridgehead atoms. The number of rotatable bonds is 6. The van der Waals surface area contributed by atoms with Gasteiger partial charge in [-0.3, -0.25) is 0 Å². The summed E-state index contributed by atoms with van der Waals surface area (Å²) in [6, 6.07) is 16.0. The lowest BCUT2D eigenvalue weighted by Gasteiger charge is -2.21. The van der Waals surface area contributed by atoms with E-state index in [1.54, 1.807) is 12.1 Å². The Morgan fingerprint density at radius 3 is 1.71 bits per heavy atom. The van der Waals surface area contributed by atoms with Gasteiger partial charge in [-0.05, 0) is 82.8 Å². The van der Waals surface area contributed by atoms with Gasteiger partial charge in [-0.25, -0.2) is 0 Å². The summed E-state index contributed by atoms with van der Waals surface area (Å²) in [5.41, 5.74) is 9.17. The highest BCUT2D eigenvalue weighted by molar-refractivity contribution is 5.85. The Kier molecular flexibility index (Phi) is 6.08. The van der Waals surface area contributed by atoms with E-state index in [1.165, 1.54) is 16.7 Å². The van der Waals surface area contributed by atoms with Gasteiger partial charge in [0.2, 0.25) is 0 Å². The summed E-state index contributed by atoms with van der Waals surface area (Å²) in [5, 5.41) is 20.7. The van der Waals surface area contributed by atoms with Crippen molar-refractivity contribution < 1.29 is 10.2 Å². The number of hydrogen-bond acceptors (Lipinski definition) is 2. The Bertz CT molecular complexity index is 946. The summed E-state index contributed by atoms with van der Waals surface area (Å²) < 4.78 is 0. The Morgan fingerprint density at radius 1 is 0.607 bits per heavy atom. The highest BCUT2D eigenvalue weighted by Gasteiger charge is 2.19. The zero-order valence-corrected chi connectivity index (χ0v) is 17.3. The summed E-state index contributed by atoms with van der Waals surface area (Å²) >= 11 is 0. The molecule has 0 aliphatic carbocycles. The molecule has 0 amide bonds. The second-order valence-electron chi connectivity index (χ2n) is 7.28. The Labute approximate surface area is 168 Å². The van der Waals surface area contributed by atoms with E-state index >= 15 is 0 Å². The first-order chi connectivity index (χ1) is 13.5. The number of aryl methyl sites for hydroxylation is 3. The summed E-state index contributed by atoms with van der Waals surface area (Å²) in [6.07, 6.45) is 3.61. The molecular weight excluding hydrogens is 344 g/mol. The van der Waals surface area contributed by atoms with E-state index in [0.29, 0.717) is 5.75 Å². The van der Waals surface area contributed by atoms with E-state index in [9.17, 15) is 10.2 Å². The van der Waals surface area contributed by atoms with Gasteiger partial charge < -0.3 is 10.2 Å². The molecule has 3 rings (SSSR count). The molecule has 3 aromatic carbocycles. The summed E-state index contributed by atoms with van der Waals surface area (Å²) in [5.74, 6) is 0.619. The molecule has 2 nitrogen and oxygen atoms in total. The molecule has 2 heteroatoms. The van der Waals surface area contributed by atoms with Crippen LogP contribution in [-0.2, 0) is 25.7 Å². The van der Waals surface area contributed by atoms with Crippen LogP contribution in [0.25, 0.3) is 22.3 Å². The molecule has 0 radical (unpaired) electrons. The molecule has 146 valence electrons. The molecule has 3 aromatic rings. The lowest BCUT2D eigenvalue weighted by atomic mass is 9.84. The zero-order chi connectivity index (χ0) is 20.3. The molecule has 0 aliphatic heterocycles. The van der Waals surface area contributed by atoms with Crippen LogP contribution in [0.15, 0.2) is 48.5 Å². The standard InChI is InChI=1S/C26H30O2/c1-5-17-13-18(6-2)15-21(14-17)26-23(8-4)25(19(7-3)16-24(26)28)20-9-11-22(27)12-10-20/h9-16,27-28H,5-8H2,1-4H3. The summed E-state index contributed by atoms with van der Waals surface area (Å²) in [6.45, 7) is 8.60. The van der Waals surface area contributed by atoms with Crippen molar-refractivity contribution in [1.82, 2.24) is 0 Å². The lowest BCUT2D eigenvalue weighted by molar-refractivity contribution is 0.475. The van der Waals surface area contributed by atoms with Crippen molar-refractivity contribution in [2.24, 2.45) is 0 Å². The van der Waals surface area contributed by atoms with Crippen LogP contribution in [0.1, 0.15) is 49.9 Å². The minimum Gasteiger partial charge on any atom is -0.508 e. The lowest BCUT2D eigenvalue weighted by Crippen LogP contribution is -2.00. The number of phenols is 2. The monoisotopic (exact) mass is 374 g/mol. The molecule has 28 heavy (non-hydrogen) atoms. The molecule has 2 N–H and O–H groups in total. The first kappa shape index (κ1) is 20.0. The van der Waals surface area contributed by atoms with Crippen LogP contribution in [0.5, 0.6) is 11.5 Å².